The average Bonchev–Trinajstić information content (AvgIpc) is 2.48. The molecule has 0 atom stereocenters. The van der Waals surface area contributed by atoms with E-state index < -0.39 is 0 Å². The molecule has 1 aromatic carbocycles. The van der Waals surface area contributed by atoms with Gasteiger partial charge in [0, 0.05) is 5.39 Å². The molecule has 12 heavy (non-hydrogen) atoms. The van der Waals surface area contributed by atoms with Crippen molar-refractivity contribution in [1.82, 2.24) is 4.37 Å². The van der Waals surface area contributed by atoms with Gasteiger partial charge >= 0.3 is 0 Å². The zero-order valence-electron chi connectivity index (χ0n) is 6.37. The van der Waals surface area contributed by atoms with Gasteiger partial charge in [-0.05, 0) is 17.6 Å². The monoisotopic (exact) mass is 199 g/mol. The maximum absolute atomic E-state index is 5.85. The van der Waals surface area contributed by atoms with Gasteiger partial charge in [-0.25, -0.2) is 0 Å². The summed E-state index contributed by atoms with van der Waals surface area (Å²) < 4.78 is 10.2. The molecule has 0 aliphatic heterocycles. The Balaban J connectivity index is 2.81. The maximum atomic E-state index is 5.85. The van der Waals surface area contributed by atoms with Gasteiger partial charge in [0.15, 0.2) is 5.15 Å². The molecule has 2 nitrogen and oxygen atoms in total. The number of fused-ring (bicyclic) bond motifs is 1. The van der Waals surface area contributed by atoms with Gasteiger partial charge in [0.1, 0.15) is 5.75 Å². The van der Waals surface area contributed by atoms with Crippen LogP contribution in [0.15, 0.2) is 18.2 Å². The summed E-state index contributed by atoms with van der Waals surface area (Å²) in [7, 11) is 1.64. The lowest BCUT2D eigenvalue weighted by Crippen LogP contribution is -1.80. The molecule has 2 rings (SSSR count). The molecule has 0 saturated heterocycles. The van der Waals surface area contributed by atoms with Crippen LogP contribution in [0.5, 0.6) is 5.75 Å². The van der Waals surface area contributed by atoms with Gasteiger partial charge in [0.2, 0.25) is 0 Å². The number of hydrogen-bond acceptors (Lipinski definition) is 3. The van der Waals surface area contributed by atoms with Crippen LogP contribution in [0.25, 0.3) is 10.1 Å². The molecule has 0 amide bonds. The maximum Gasteiger partial charge on any atom is 0.150 e. The van der Waals surface area contributed by atoms with Crippen molar-refractivity contribution in [2.75, 3.05) is 7.11 Å². The Kier molecular flexibility index (Phi) is 1.90. The van der Waals surface area contributed by atoms with E-state index in [2.05, 4.69) is 4.37 Å². The number of halogens is 1. The Morgan fingerprint density at radius 3 is 3.08 bits per heavy atom. The summed E-state index contributed by atoms with van der Waals surface area (Å²) in [6.07, 6.45) is 0. The third kappa shape index (κ3) is 1.06. The molecule has 0 fully saturated rings. The van der Waals surface area contributed by atoms with Crippen molar-refractivity contribution in [3.05, 3.63) is 23.4 Å². The fourth-order valence-corrected chi connectivity index (χ4v) is 2.16. The molecule has 0 saturated carbocycles. The molecule has 0 N–H and O–H groups in total. The Bertz CT molecular complexity index is 412. The normalized spacial score (nSPS) is 10.5. The fourth-order valence-electron chi connectivity index (χ4n) is 1.07. The summed E-state index contributed by atoms with van der Waals surface area (Å²) in [4.78, 5) is 0. The third-order valence-corrected chi connectivity index (χ3v) is 2.90. The molecule has 0 bridgehead atoms. The summed E-state index contributed by atoms with van der Waals surface area (Å²) in [5.41, 5.74) is 0. The van der Waals surface area contributed by atoms with Crippen molar-refractivity contribution in [2.24, 2.45) is 0 Å². The van der Waals surface area contributed by atoms with Crippen LogP contribution in [0, 0.1) is 0 Å². The molecule has 0 aliphatic rings. The van der Waals surface area contributed by atoms with Crippen LogP contribution < -0.4 is 4.74 Å². The first-order valence-electron chi connectivity index (χ1n) is 3.41. The predicted octanol–water partition coefficient (Wildman–Crippen LogP) is 2.96. The quantitative estimate of drug-likeness (QED) is 0.705. The largest absolute Gasteiger partial charge is 0.495 e. The van der Waals surface area contributed by atoms with E-state index in [1.54, 1.807) is 7.11 Å². The Hall–Kier alpha value is -0.800. The predicted molar refractivity (Wildman–Crippen MR) is 51.2 cm³/mol. The van der Waals surface area contributed by atoms with Crippen LogP contribution in [0.2, 0.25) is 5.15 Å². The van der Waals surface area contributed by atoms with E-state index in [9.17, 15) is 0 Å². The summed E-state index contributed by atoms with van der Waals surface area (Å²) in [5.74, 6) is 0.830. The first-order chi connectivity index (χ1) is 5.83. The highest BCUT2D eigenvalue weighted by atomic mass is 35.5. The van der Waals surface area contributed by atoms with Crippen molar-refractivity contribution in [3.63, 3.8) is 0 Å². The highest BCUT2D eigenvalue weighted by Crippen LogP contribution is 2.33. The van der Waals surface area contributed by atoms with E-state index in [0.29, 0.717) is 5.15 Å². The smallest absolute Gasteiger partial charge is 0.150 e. The lowest BCUT2D eigenvalue weighted by atomic mass is 10.3. The standard InChI is InChI=1S/C8H6ClNOS/c1-11-6-4-2-3-5-7(6)12-10-8(5)9/h2-4H,1H3. The van der Waals surface area contributed by atoms with Gasteiger partial charge < -0.3 is 4.74 Å². The molecule has 2 aromatic rings. The third-order valence-electron chi connectivity index (χ3n) is 1.64. The van der Waals surface area contributed by atoms with Gasteiger partial charge in [-0.15, -0.1) is 0 Å². The summed E-state index contributed by atoms with van der Waals surface area (Å²) >= 11 is 7.20. The van der Waals surface area contributed by atoms with Crippen LogP contribution in [0.3, 0.4) is 0 Å². The van der Waals surface area contributed by atoms with E-state index in [1.807, 2.05) is 18.2 Å². The number of hydrogen-bond donors (Lipinski definition) is 0. The summed E-state index contributed by atoms with van der Waals surface area (Å²) in [5, 5.41) is 1.51. The molecule has 1 aromatic heterocycles. The van der Waals surface area contributed by atoms with Crippen molar-refractivity contribution < 1.29 is 4.74 Å². The summed E-state index contributed by atoms with van der Waals surface area (Å²) in [6, 6.07) is 5.74. The van der Waals surface area contributed by atoms with E-state index in [-0.39, 0.29) is 0 Å². The van der Waals surface area contributed by atoms with Crippen molar-refractivity contribution >= 4 is 33.2 Å². The van der Waals surface area contributed by atoms with E-state index >= 15 is 0 Å². The second-order valence-corrected chi connectivity index (χ2v) is 3.44. The molecule has 0 spiro atoms. The van der Waals surface area contributed by atoms with Gasteiger partial charge in [-0.3, -0.25) is 0 Å². The molecule has 62 valence electrons. The van der Waals surface area contributed by atoms with Crippen molar-refractivity contribution in [1.29, 1.82) is 0 Å². The van der Waals surface area contributed by atoms with Crippen molar-refractivity contribution in [2.45, 2.75) is 0 Å². The summed E-state index contributed by atoms with van der Waals surface area (Å²) in [6.45, 7) is 0. The molecule has 0 aliphatic carbocycles. The SMILES string of the molecule is COc1cccc2c(Cl)nsc12. The average molecular weight is 200 g/mol. The molecule has 1 heterocycles. The number of benzene rings is 1. The number of methoxy groups -OCH3 is 1. The van der Waals surface area contributed by atoms with Gasteiger partial charge in [0.05, 0.1) is 11.8 Å². The highest BCUT2D eigenvalue weighted by molar-refractivity contribution is 7.14. The van der Waals surface area contributed by atoms with Crippen molar-refractivity contribution in [3.8, 4) is 5.75 Å². The van der Waals surface area contributed by atoms with Crippen LogP contribution in [-0.2, 0) is 0 Å². The van der Waals surface area contributed by atoms with E-state index in [1.165, 1.54) is 11.5 Å². The highest BCUT2D eigenvalue weighted by Gasteiger charge is 2.06. The van der Waals surface area contributed by atoms with Crippen LogP contribution in [0.1, 0.15) is 0 Å². The molecule has 0 radical (unpaired) electrons. The Labute approximate surface area is 78.9 Å². The van der Waals surface area contributed by atoms with E-state index in [4.69, 9.17) is 16.3 Å². The van der Waals surface area contributed by atoms with Gasteiger partial charge in [-0.2, -0.15) is 4.37 Å². The lowest BCUT2D eigenvalue weighted by molar-refractivity contribution is 0.420. The van der Waals surface area contributed by atoms with Crippen LogP contribution in [-0.4, -0.2) is 11.5 Å². The zero-order valence-corrected chi connectivity index (χ0v) is 7.95. The zero-order chi connectivity index (χ0) is 8.55. The Morgan fingerprint density at radius 1 is 1.50 bits per heavy atom. The van der Waals surface area contributed by atoms with E-state index in [0.717, 1.165) is 15.8 Å². The van der Waals surface area contributed by atoms with Crippen LogP contribution >= 0.6 is 23.1 Å². The minimum atomic E-state index is 0.550. The Morgan fingerprint density at radius 2 is 2.33 bits per heavy atom. The fraction of sp³-hybridized carbons (Fsp3) is 0.125. The first kappa shape index (κ1) is 7.83. The number of ether oxygens (including phenoxy) is 1. The topological polar surface area (TPSA) is 22.1 Å². The molecular weight excluding hydrogens is 194 g/mol. The minimum Gasteiger partial charge on any atom is -0.495 e. The first-order valence-corrected chi connectivity index (χ1v) is 4.56. The number of rotatable bonds is 1. The van der Waals surface area contributed by atoms with Crippen LogP contribution in [0.4, 0.5) is 0 Å². The lowest BCUT2D eigenvalue weighted by Gasteiger charge is -1.98. The molecule has 4 heteroatoms. The van der Waals surface area contributed by atoms with Gasteiger partial charge in [-0.1, -0.05) is 23.7 Å². The minimum absolute atomic E-state index is 0.550. The second-order valence-electron chi connectivity index (χ2n) is 2.31. The number of nitrogens with zero attached hydrogens (tertiary/aromatic N) is 1. The second kappa shape index (κ2) is 2.92. The number of aromatic nitrogens is 1. The molecule has 0 unspecified atom stereocenters. The van der Waals surface area contributed by atoms with Gasteiger partial charge in [0.25, 0.3) is 0 Å². The molecular formula is C8H6ClNOS.